The SMILES string of the molecule is CCOC(=O)c1[nH]ccc1NC(CN)COCC(F)(F)F. The van der Waals surface area contributed by atoms with Crippen molar-refractivity contribution in [2.24, 2.45) is 5.73 Å². The summed E-state index contributed by atoms with van der Waals surface area (Å²) in [6.45, 7) is 0.353. The van der Waals surface area contributed by atoms with Crippen molar-refractivity contribution >= 4 is 11.7 Å². The number of alkyl halides is 3. The van der Waals surface area contributed by atoms with Gasteiger partial charge in [-0.25, -0.2) is 4.79 Å². The Morgan fingerprint density at radius 2 is 2.24 bits per heavy atom. The molecule has 0 spiro atoms. The van der Waals surface area contributed by atoms with Crippen LogP contribution in [0.15, 0.2) is 12.3 Å². The minimum absolute atomic E-state index is 0.0469. The first-order chi connectivity index (χ1) is 9.87. The first kappa shape index (κ1) is 17.3. The van der Waals surface area contributed by atoms with E-state index in [0.717, 1.165) is 0 Å². The molecule has 1 unspecified atom stereocenters. The van der Waals surface area contributed by atoms with Crippen molar-refractivity contribution in [3.63, 3.8) is 0 Å². The zero-order valence-electron chi connectivity index (χ0n) is 11.5. The molecule has 1 aromatic rings. The van der Waals surface area contributed by atoms with Gasteiger partial charge in [-0.1, -0.05) is 0 Å². The van der Waals surface area contributed by atoms with E-state index < -0.39 is 24.8 Å². The molecule has 21 heavy (non-hydrogen) atoms. The van der Waals surface area contributed by atoms with Crippen molar-refractivity contribution in [1.29, 1.82) is 0 Å². The molecule has 0 aromatic carbocycles. The van der Waals surface area contributed by atoms with E-state index in [0.29, 0.717) is 5.69 Å². The molecule has 9 heteroatoms. The van der Waals surface area contributed by atoms with Gasteiger partial charge >= 0.3 is 12.1 Å². The molecule has 0 amide bonds. The zero-order valence-corrected chi connectivity index (χ0v) is 11.5. The van der Waals surface area contributed by atoms with Gasteiger partial charge < -0.3 is 25.5 Å². The Bertz CT molecular complexity index is 448. The summed E-state index contributed by atoms with van der Waals surface area (Å²) in [5.41, 5.74) is 6.06. The zero-order chi connectivity index (χ0) is 15.9. The van der Waals surface area contributed by atoms with Crippen LogP contribution < -0.4 is 11.1 Å². The Labute approximate surface area is 119 Å². The number of ether oxygens (including phenoxy) is 2. The number of esters is 1. The lowest BCUT2D eigenvalue weighted by molar-refractivity contribution is -0.174. The van der Waals surface area contributed by atoms with Crippen molar-refractivity contribution in [2.75, 3.05) is 31.7 Å². The summed E-state index contributed by atoms with van der Waals surface area (Å²) in [5, 5.41) is 2.85. The molecule has 1 rings (SSSR count). The number of nitrogens with one attached hydrogen (secondary N) is 2. The second-order valence-electron chi connectivity index (χ2n) is 4.19. The van der Waals surface area contributed by atoms with E-state index in [9.17, 15) is 18.0 Å². The third kappa shape index (κ3) is 6.05. The van der Waals surface area contributed by atoms with Gasteiger partial charge in [0.25, 0.3) is 0 Å². The quantitative estimate of drug-likeness (QED) is 0.633. The molecular weight excluding hydrogens is 291 g/mol. The number of carbonyl (C=O) groups is 1. The summed E-state index contributed by atoms with van der Waals surface area (Å²) in [6, 6.07) is 1.01. The van der Waals surface area contributed by atoms with Crippen molar-refractivity contribution in [3.05, 3.63) is 18.0 Å². The normalized spacial score (nSPS) is 13.0. The molecule has 0 bridgehead atoms. The van der Waals surface area contributed by atoms with Crippen LogP contribution in [0.1, 0.15) is 17.4 Å². The number of anilines is 1. The van der Waals surface area contributed by atoms with E-state index >= 15 is 0 Å². The molecule has 1 atom stereocenters. The van der Waals surface area contributed by atoms with Gasteiger partial charge in [0.15, 0.2) is 0 Å². The maximum atomic E-state index is 12.0. The Kier molecular flexibility index (Phi) is 6.50. The number of nitrogens with two attached hydrogens (primary N) is 1. The fourth-order valence-corrected chi connectivity index (χ4v) is 1.57. The average Bonchev–Trinajstić information content (AvgIpc) is 2.84. The number of hydrogen-bond donors (Lipinski definition) is 3. The summed E-state index contributed by atoms with van der Waals surface area (Å²) in [5.74, 6) is -0.558. The lowest BCUT2D eigenvalue weighted by atomic mass is 10.2. The second kappa shape index (κ2) is 7.89. The highest BCUT2D eigenvalue weighted by molar-refractivity contribution is 5.93. The first-order valence-corrected chi connectivity index (χ1v) is 6.33. The predicted molar refractivity (Wildman–Crippen MR) is 70.1 cm³/mol. The summed E-state index contributed by atoms with van der Waals surface area (Å²) in [6.07, 6.45) is -2.87. The number of H-pyrrole nitrogens is 1. The highest BCUT2D eigenvalue weighted by Gasteiger charge is 2.28. The van der Waals surface area contributed by atoms with E-state index in [-0.39, 0.29) is 25.5 Å². The lowest BCUT2D eigenvalue weighted by Gasteiger charge is -2.18. The number of hydrogen-bond acceptors (Lipinski definition) is 5. The molecule has 0 radical (unpaired) electrons. The van der Waals surface area contributed by atoms with Crippen molar-refractivity contribution in [3.8, 4) is 0 Å². The highest BCUT2D eigenvalue weighted by Crippen LogP contribution is 2.17. The van der Waals surface area contributed by atoms with E-state index in [2.05, 4.69) is 15.0 Å². The van der Waals surface area contributed by atoms with Crippen LogP contribution in [0.2, 0.25) is 0 Å². The Morgan fingerprint density at radius 1 is 1.52 bits per heavy atom. The maximum Gasteiger partial charge on any atom is 0.411 e. The Balaban J connectivity index is 2.57. The smallest absolute Gasteiger partial charge is 0.411 e. The summed E-state index contributed by atoms with van der Waals surface area (Å²) >= 11 is 0. The maximum absolute atomic E-state index is 12.0. The molecule has 0 aliphatic heterocycles. The van der Waals surface area contributed by atoms with Crippen LogP contribution in [0.25, 0.3) is 0 Å². The van der Waals surface area contributed by atoms with Gasteiger partial charge in [-0.2, -0.15) is 13.2 Å². The molecule has 6 nitrogen and oxygen atoms in total. The van der Waals surface area contributed by atoms with Crippen LogP contribution in [0.3, 0.4) is 0 Å². The van der Waals surface area contributed by atoms with Crippen LogP contribution in [0.4, 0.5) is 18.9 Å². The number of aromatic amines is 1. The standard InChI is InChI=1S/C12H18F3N3O3/c1-2-21-11(19)10-9(3-4-17-10)18-8(5-16)6-20-7-12(13,14)15/h3-4,8,17-18H,2,5-7,16H2,1H3. The van der Waals surface area contributed by atoms with Crippen LogP contribution in [0.5, 0.6) is 0 Å². The monoisotopic (exact) mass is 309 g/mol. The number of carbonyl (C=O) groups excluding carboxylic acids is 1. The largest absolute Gasteiger partial charge is 0.461 e. The molecule has 1 aromatic heterocycles. The van der Waals surface area contributed by atoms with Crippen LogP contribution in [0, 0.1) is 0 Å². The molecule has 0 aliphatic carbocycles. The minimum atomic E-state index is -4.39. The van der Waals surface area contributed by atoms with E-state index in [1.807, 2.05) is 0 Å². The van der Waals surface area contributed by atoms with Gasteiger partial charge in [-0.15, -0.1) is 0 Å². The Morgan fingerprint density at radius 3 is 2.81 bits per heavy atom. The van der Waals surface area contributed by atoms with Gasteiger partial charge in [-0.3, -0.25) is 0 Å². The molecule has 0 saturated heterocycles. The third-order valence-electron chi connectivity index (χ3n) is 2.46. The topological polar surface area (TPSA) is 89.4 Å². The van der Waals surface area contributed by atoms with Crippen LogP contribution >= 0.6 is 0 Å². The van der Waals surface area contributed by atoms with Gasteiger partial charge in [0, 0.05) is 12.7 Å². The van der Waals surface area contributed by atoms with Crippen molar-refractivity contribution < 1.29 is 27.4 Å². The van der Waals surface area contributed by atoms with Gasteiger partial charge in [0.1, 0.15) is 12.3 Å². The third-order valence-corrected chi connectivity index (χ3v) is 2.46. The van der Waals surface area contributed by atoms with Crippen molar-refractivity contribution in [1.82, 2.24) is 4.98 Å². The predicted octanol–water partition coefficient (Wildman–Crippen LogP) is 1.51. The number of halogens is 3. The molecule has 4 N–H and O–H groups in total. The fraction of sp³-hybridized carbons (Fsp3) is 0.583. The van der Waals surface area contributed by atoms with Gasteiger partial charge in [-0.05, 0) is 13.0 Å². The molecule has 0 saturated carbocycles. The first-order valence-electron chi connectivity index (χ1n) is 6.33. The highest BCUT2D eigenvalue weighted by atomic mass is 19.4. The van der Waals surface area contributed by atoms with E-state index in [1.165, 1.54) is 6.20 Å². The molecule has 0 aliphatic rings. The molecule has 120 valence electrons. The van der Waals surface area contributed by atoms with Gasteiger partial charge in [0.2, 0.25) is 0 Å². The van der Waals surface area contributed by atoms with Gasteiger partial charge in [0.05, 0.1) is 24.9 Å². The lowest BCUT2D eigenvalue weighted by Crippen LogP contribution is -2.35. The second-order valence-corrected chi connectivity index (χ2v) is 4.19. The van der Waals surface area contributed by atoms with Crippen LogP contribution in [-0.2, 0) is 9.47 Å². The average molecular weight is 309 g/mol. The number of rotatable bonds is 8. The molecule has 0 fully saturated rings. The Hall–Kier alpha value is -1.74. The van der Waals surface area contributed by atoms with Crippen LogP contribution in [-0.4, -0.2) is 49.5 Å². The number of aromatic nitrogens is 1. The van der Waals surface area contributed by atoms with Crippen molar-refractivity contribution in [2.45, 2.75) is 19.1 Å². The fourth-order valence-electron chi connectivity index (χ4n) is 1.57. The summed E-state index contributed by atoms with van der Waals surface area (Å²) in [4.78, 5) is 14.3. The summed E-state index contributed by atoms with van der Waals surface area (Å²) in [7, 11) is 0. The molecular formula is C12H18F3N3O3. The van der Waals surface area contributed by atoms with E-state index in [4.69, 9.17) is 10.5 Å². The summed E-state index contributed by atoms with van der Waals surface area (Å²) < 4.78 is 45.4. The molecule has 1 heterocycles. The minimum Gasteiger partial charge on any atom is -0.461 e. The van der Waals surface area contributed by atoms with E-state index in [1.54, 1.807) is 13.0 Å².